The number of carbonyl (C=O) groups is 2. The average molecular weight is 331 g/mol. The van der Waals surface area contributed by atoms with Gasteiger partial charge in [-0.15, -0.1) is 11.3 Å². The third kappa shape index (κ3) is 3.68. The molecular formula is C16H17N3O3S. The molecule has 0 aliphatic carbocycles. The molecule has 0 atom stereocenters. The first-order valence-corrected chi connectivity index (χ1v) is 8.17. The summed E-state index contributed by atoms with van der Waals surface area (Å²) >= 11 is 1.56. The normalized spacial score (nSPS) is 14.0. The van der Waals surface area contributed by atoms with E-state index in [4.69, 9.17) is 4.74 Å². The summed E-state index contributed by atoms with van der Waals surface area (Å²) in [7, 11) is 1.71. The molecule has 2 aromatic rings. The van der Waals surface area contributed by atoms with Crippen LogP contribution in [-0.2, 0) is 16.1 Å². The van der Waals surface area contributed by atoms with Crippen molar-refractivity contribution in [2.75, 3.05) is 26.7 Å². The summed E-state index contributed by atoms with van der Waals surface area (Å²) in [4.78, 5) is 31.1. The van der Waals surface area contributed by atoms with Crippen LogP contribution in [-0.4, -0.2) is 53.5 Å². The van der Waals surface area contributed by atoms with Gasteiger partial charge >= 0.3 is 6.09 Å². The number of aromatic nitrogens is 1. The largest absolute Gasteiger partial charge is 0.448 e. The van der Waals surface area contributed by atoms with E-state index in [9.17, 15) is 9.59 Å². The Morgan fingerprint density at radius 2 is 2.17 bits per heavy atom. The molecule has 1 saturated heterocycles. The van der Waals surface area contributed by atoms with Crippen molar-refractivity contribution >= 4 is 23.3 Å². The Morgan fingerprint density at radius 1 is 1.39 bits per heavy atom. The molecule has 7 heteroatoms. The summed E-state index contributed by atoms with van der Waals surface area (Å²) in [5.41, 5.74) is 1.91. The zero-order valence-corrected chi connectivity index (χ0v) is 13.6. The smallest absolute Gasteiger partial charge is 0.410 e. The predicted molar refractivity (Wildman–Crippen MR) is 86.9 cm³/mol. The van der Waals surface area contributed by atoms with Crippen LogP contribution < -0.4 is 0 Å². The fourth-order valence-corrected chi connectivity index (χ4v) is 3.09. The van der Waals surface area contributed by atoms with Crippen molar-refractivity contribution in [1.29, 1.82) is 0 Å². The Hall–Kier alpha value is -2.41. The van der Waals surface area contributed by atoms with Gasteiger partial charge in [0.25, 0.3) is 0 Å². The minimum atomic E-state index is -0.424. The minimum absolute atomic E-state index is 0.0466. The zero-order valence-electron chi connectivity index (χ0n) is 12.8. The molecule has 6 nitrogen and oxygen atoms in total. The number of thiazole rings is 1. The topological polar surface area (TPSA) is 62.7 Å². The summed E-state index contributed by atoms with van der Waals surface area (Å²) in [6.45, 7) is 1.28. The number of amides is 2. The van der Waals surface area contributed by atoms with E-state index in [1.165, 1.54) is 4.90 Å². The lowest BCUT2D eigenvalue weighted by molar-refractivity contribution is -0.131. The van der Waals surface area contributed by atoms with Crippen LogP contribution in [0.3, 0.4) is 0 Å². The van der Waals surface area contributed by atoms with Crippen LogP contribution in [0.4, 0.5) is 4.79 Å². The molecule has 0 N–H and O–H groups in total. The van der Waals surface area contributed by atoms with E-state index in [0.29, 0.717) is 19.7 Å². The van der Waals surface area contributed by atoms with Gasteiger partial charge in [0, 0.05) is 18.0 Å². The van der Waals surface area contributed by atoms with Crippen LogP contribution in [0.1, 0.15) is 5.69 Å². The van der Waals surface area contributed by atoms with Crippen molar-refractivity contribution in [2.45, 2.75) is 6.54 Å². The molecule has 0 radical (unpaired) electrons. The molecule has 23 heavy (non-hydrogen) atoms. The van der Waals surface area contributed by atoms with Gasteiger partial charge < -0.3 is 9.64 Å². The highest BCUT2D eigenvalue weighted by molar-refractivity contribution is 7.13. The summed E-state index contributed by atoms with van der Waals surface area (Å²) in [5, 5.41) is 2.89. The van der Waals surface area contributed by atoms with Crippen molar-refractivity contribution in [2.24, 2.45) is 0 Å². The van der Waals surface area contributed by atoms with Crippen LogP contribution in [0.2, 0.25) is 0 Å². The molecule has 0 spiro atoms. The standard InChI is InChI=1S/C16H17N3O3S/c1-18(14(20)10-19-7-8-22-16(19)21)9-13-11-23-15(17-13)12-5-3-2-4-6-12/h2-6,11H,7-10H2,1H3. The lowest BCUT2D eigenvalue weighted by atomic mass is 10.2. The molecule has 1 aromatic heterocycles. The molecule has 1 aliphatic rings. The van der Waals surface area contributed by atoms with Gasteiger partial charge in [-0.05, 0) is 0 Å². The maximum atomic E-state index is 12.2. The van der Waals surface area contributed by atoms with Crippen LogP contribution in [0.25, 0.3) is 10.6 Å². The quantitative estimate of drug-likeness (QED) is 0.843. The van der Waals surface area contributed by atoms with Crippen molar-refractivity contribution in [3.63, 3.8) is 0 Å². The molecule has 3 rings (SSSR count). The van der Waals surface area contributed by atoms with Gasteiger partial charge in [0.2, 0.25) is 5.91 Å². The number of likely N-dealkylation sites (N-methyl/N-ethyl adjacent to an activating group) is 1. The molecule has 2 heterocycles. The summed E-state index contributed by atoms with van der Waals surface area (Å²) in [6, 6.07) is 9.93. The monoisotopic (exact) mass is 331 g/mol. The number of carbonyl (C=O) groups excluding carboxylic acids is 2. The molecule has 0 saturated carbocycles. The van der Waals surface area contributed by atoms with E-state index in [1.807, 2.05) is 35.7 Å². The lowest BCUT2D eigenvalue weighted by Gasteiger charge is -2.19. The summed E-state index contributed by atoms with van der Waals surface area (Å²) in [6.07, 6.45) is -0.424. The molecule has 2 amide bonds. The Kier molecular flexibility index (Phi) is 4.57. The van der Waals surface area contributed by atoms with E-state index in [1.54, 1.807) is 23.3 Å². The van der Waals surface area contributed by atoms with Gasteiger partial charge in [0.05, 0.1) is 18.8 Å². The highest BCUT2D eigenvalue weighted by Crippen LogP contribution is 2.23. The Bertz CT molecular complexity index is 702. The second kappa shape index (κ2) is 6.78. The van der Waals surface area contributed by atoms with E-state index >= 15 is 0 Å². The lowest BCUT2D eigenvalue weighted by Crippen LogP contribution is -2.38. The average Bonchev–Trinajstić information content (AvgIpc) is 3.18. The minimum Gasteiger partial charge on any atom is -0.448 e. The van der Waals surface area contributed by atoms with Crippen LogP contribution in [0.15, 0.2) is 35.7 Å². The molecule has 120 valence electrons. The first kappa shape index (κ1) is 15.5. The number of hydrogen-bond donors (Lipinski definition) is 0. The van der Waals surface area contributed by atoms with E-state index in [0.717, 1.165) is 16.3 Å². The van der Waals surface area contributed by atoms with Crippen molar-refractivity contribution in [1.82, 2.24) is 14.8 Å². The van der Waals surface area contributed by atoms with Gasteiger partial charge in [-0.2, -0.15) is 0 Å². The van der Waals surface area contributed by atoms with Crippen LogP contribution >= 0.6 is 11.3 Å². The first-order valence-electron chi connectivity index (χ1n) is 7.29. The second-order valence-electron chi connectivity index (χ2n) is 5.30. The van der Waals surface area contributed by atoms with Gasteiger partial charge in [0.1, 0.15) is 18.2 Å². The molecule has 1 fully saturated rings. The predicted octanol–water partition coefficient (Wildman–Crippen LogP) is 2.22. The third-order valence-corrected chi connectivity index (χ3v) is 4.51. The van der Waals surface area contributed by atoms with Gasteiger partial charge in [0.15, 0.2) is 0 Å². The summed E-state index contributed by atoms with van der Waals surface area (Å²) < 4.78 is 4.82. The molecular weight excluding hydrogens is 314 g/mol. The van der Waals surface area contributed by atoms with Crippen LogP contribution in [0, 0.1) is 0 Å². The third-order valence-electron chi connectivity index (χ3n) is 3.57. The number of rotatable bonds is 5. The van der Waals surface area contributed by atoms with Crippen LogP contribution in [0.5, 0.6) is 0 Å². The zero-order chi connectivity index (χ0) is 16.2. The van der Waals surface area contributed by atoms with Gasteiger partial charge in [-0.25, -0.2) is 9.78 Å². The Balaban J connectivity index is 1.59. The molecule has 1 aromatic carbocycles. The van der Waals surface area contributed by atoms with E-state index in [-0.39, 0.29) is 12.5 Å². The van der Waals surface area contributed by atoms with Gasteiger partial charge in [-0.1, -0.05) is 30.3 Å². The van der Waals surface area contributed by atoms with Crippen molar-refractivity contribution in [3.05, 3.63) is 41.4 Å². The van der Waals surface area contributed by atoms with Crippen molar-refractivity contribution < 1.29 is 14.3 Å². The van der Waals surface area contributed by atoms with E-state index in [2.05, 4.69) is 4.98 Å². The fourth-order valence-electron chi connectivity index (χ4n) is 2.28. The Labute approximate surface area is 138 Å². The first-order chi connectivity index (χ1) is 11.1. The highest BCUT2D eigenvalue weighted by Gasteiger charge is 2.25. The molecule has 1 aliphatic heterocycles. The number of hydrogen-bond acceptors (Lipinski definition) is 5. The molecule has 0 unspecified atom stereocenters. The number of cyclic esters (lactones) is 1. The fraction of sp³-hybridized carbons (Fsp3) is 0.312. The number of benzene rings is 1. The SMILES string of the molecule is CN(Cc1csc(-c2ccccc2)n1)C(=O)CN1CCOC1=O. The second-order valence-corrected chi connectivity index (χ2v) is 6.15. The van der Waals surface area contributed by atoms with Gasteiger partial charge in [-0.3, -0.25) is 9.69 Å². The number of ether oxygens (including phenoxy) is 1. The maximum Gasteiger partial charge on any atom is 0.410 e. The van der Waals surface area contributed by atoms with E-state index < -0.39 is 6.09 Å². The number of nitrogens with zero attached hydrogens (tertiary/aromatic N) is 3. The summed E-state index contributed by atoms with van der Waals surface area (Å²) in [5.74, 6) is -0.127. The van der Waals surface area contributed by atoms with Crippen molar-refractivity contribution in [3.8, 4) is 10.6 Å². The maximum absolute atomic E-state index is 12.2. The Morgan fingerprint density at radius 3 is 2.87 bits per heavy atom. The highest BCUT2D eigenvalue weighted by atomic mass is 32.1. The molecule has 0 bridgehead atoms.